The number of hydrogen-bond acceptors (Lipinski definition) is 8. The average molecular weight is 444 g/mol. The fraction of sp³-hybridized carbons (Fsp3) is 0.0625. The first-order valence-electron chi connectivity index (χ1n) is 6.81. The summed E-state index contributed by atoms with van der Waals surface area (Å²) in [5.74, 6) is -3.55. The van der Waals surface area contributed by atoms with E-state index in [0.717, 1.165) is 18.2 Å². The van der Waals surface area contributed by atoms with Crippen molar-refractivity contribution in [3.63, 3.8) is 0 Å². The van der Waals surface area contributed by atoms with Gasteiger partial charge in [-0.3, -0.25) is 9.59 Å². The number of carboxylic acid groups (broad SMARTS) is 1. The van der Waals surface area contributed by atoms with Crippen molar-refractivity contribution in [3.05, 3.63) is 61.7 Å². The summed E-state index contributed by atoms with van der Waals surface area (Å²) in [6, 6.07) is 4.07. The third-order valence-electron chi connectivity index (χ3n) is 2.26. The van der Waals surface area contributed by atoms with Gasteiger partial charge in [0.15, 0.2) is 0 Å². The summed E-state index contributed by atoms with van der Waals surface area (Å²) in [5, 5.41) is 21.1. The summed E-state index contributed by atoms with van der Waals surface area (Å²) in [5.41, 5.74) is 4.49. The van der Waals surface area contributed by atoms with Crippen LogP contribution < -0.4 is 75.3 Å². The van der Waals surface area contributed by atoms with E-state index in [1.807, 2.05) is 0 Å². The van der Waals surface area contributed by atoms with Crippen molar-refractivity contribution in [2.75, 3.05) is 5.32 Å². The molecular formula is C16H18N2Na2O8S. The summed E-state index contributed by atoms with van der Waals surface area (Å²) in [6.45, 7) is 9.21. The number of nitrogens with two attached hydrogens (primary N) is 1. The molecule has 0 aromatic heterocycles. The average Bonchev–Trinajstić information content (AvgIpc) is 2.58. The van der Waals surface area contributed by atoms with Gasteiger partial charge in [0.1, 0.15) is 5.75 Å². The van der Waals surface area contributed by atoms with E-state index < -0.39 is 39.4 Å². The number of aliphatic carboxylic acids is 1. The van der Waals surface area contributed by atoms with Crippen LogP contribution in [0.2, 0.25) is 0 Å². The van der Waals surface area contributed by atoms with Gasteiger partial charge in [-0.05, 0) is 24.3 Å². The van der Waals surface area contributed by atoms with Crippen LogP contribution >= 0.6 is 0 Å². The number of carbonyl (C=O) groups is 3. The van der Waals surface area contributed by atoms with Crippen LogP contribution in [0.1, 0.15) is 5.56 Å². The number of aromatic hydroxyl groups is 1. The van der Waals surface area contributed by atoms with Crippen LogP contribution in [-0.4, -0.2) is 35.9 Å². The molecule has 0 aliphatic rings. The molecule has 0 saturated carbocycles. The maximum absolute atomic E-state index is 11.0. The van der Waals surface area contributed by atoms with Crippen LogP contribution in [0.25, 0.3) is 0 Å². The van der Waals surface area contributed by atoms with Gasteiger partial charge in [0, 0.05) is 5.56 Å². The second-order valence-corrected chi connectivity index (χ2v) is 5.74. The maximum Gasteiger partial charge on any atom is 1.00 e. The quantitative estimate of drug-likeness (QED) is 0.167. The molecule has 0 saturated heterocycles. The number of phenols is 1. The van der Waals surface area contributed by atoms with E-state index in [9.17, 15) is 27.7 Å². The first-order chi connectivity index (χ1) is 12.4. The Labute approximate surface area is 212 Å². The number of para-hydroxylation sites is 1. The molecule has 0 aliphatic heterocycles. The van der Waals surface area contributed by atoms with Gasteiger partial charge in [0.2, 0.25) is 11.8 Å². The maximum atomic E-state index is 11.0. The van der Waals surface area contributed by atoms with Crippen LogP contribution in [0.5, 0.6) is 5.75 Å². The summed E-state index contributed by atoms with van der Waals surface area (Å²) in [7, 11) is -4.49. The van der Waals surface area contributed by atoms with E-state index >= 15 is 0 Å². The molecule has 0 atom stereocenters. The van der Waals surface area contributed by atoms with Gasteiger partial charge in [0.25, 0.3) is 0 Å². The van der Waals surface area contributed by atoms with E-state index in [0.29, 0.717) is 0 Å². The molecule has 0 fully saturated rings. The fourth-order valence-corrected chi connectivity index (χ4v) is 1.80. The molecule has 4 N–H and O–H groups in total. The molecule has 1 aromatic rings. The van der Waals surface area contributed by atoms with Crippen molar-refractivity contribution in [3.8, 4) is 5.75 Å². The van der Waals surface area contributed by atoms with E-state index in [1.54, 1.807) is 0 Å². The zero-order valence-electron chi connectivity index (χ0n) is 16.1. The van der Waals surface area contributed by atoms with Gasteiger partial charge in [-0.25, -0.2) is 8.42 Å². The third-order valence-corrected chi connectivity index (χ3v) is 2.93. The number of carbonyl (C=O) groups excluding carboxylic acids is 3. The van der Waals surface area contributed by atoms with Gasteiger partial charge in [-0.15, -0.1) is 0 Å². The number of amides is 2. The summed E-state index contributed by atoms with van der Waals surface area (Å²) in [4.78, 5) is 29.6. The SMILES string of the molecule is C=CC(=O)Nc1cccc(CS(=O)(=O)[O-])c1O.C=CC(=O)[O-].C=CC(N)=O.[Na+].[Na+]. The zero-order valence-corrected chi connectivity index (χ0v) is 20.9. The molecule has 1 rings (SSSR count). The standard InChI is InChI=1S/C10H11NO5S.C3H5NO.C3H4O2.2Na/c1-2-9(12)11-8-5-3-4-7(10(8)13)6-17(14,15)16;2*1-2-3(4)5;;/h2-5,13H,1,6H2,(H,11,12)(H,14,15,16);2H,1H2,(H2,4,5);2H,1H2,(H,4,5);;/q;;;2*+1/p-2. The second-order valence-electron chi connectivity index (χ2n) is 4.34. The number of phenolic OH excluding ortho intramolecular Hbond substituents is 1. The predicted octanol–water partition coefficient (Wildman–Crippen LogP) is -6.85. The smallest absolute Gasteiger partial charge is 0.748 e. The molecule has 0 spiro atoms. The summed E-state index contributed by atoms with van der Waals surface area (Å²) in [6.07, 6.45) is 2.77. The Morgan fingerprint density at radius 1 is 1.10 bits per heavy atom. The van der Waals surface area contributed by atoms with Gasteiger partial charge in [-0.2, -0.15) is 0 Å². The van der Waals surface area contributed by atoms with Crippen LogP contribution in [0, 0.1) is 0 Å². The molecule has 2 amide bonds. The zero-order chi connectivity index (χ0) is 21.6. The number of anilines is 1. The van der Waals surface area contributed by atoms with Gasteiger partial charge in [0.05, 0.1) is 27.5 Å². The minimum atomic E-state index is -4.49. The molecule has 0 unspecified atom stereocenters. The number of rotatable bonds is 6. The molecule has 0 aliphatic carbocycles. The van der Waals surface area contributed by atoms with Crippen LogP contribution in [0.4, 0.5) is 5.69 Å². The topological polar surface area (TPSA) is 190 Å². The molecule has 10 nitrogen and oxygen atoms in total. The summed E-state index contributed by atoms with van der Waals surface area (Å²) >= 11 is 0. The molecule has 0 bridgehead atoms. The van der Waals surface area contributed by atoms with Gasteiger partial charge >= 0.3 is 59.1 Å². The van der Waals surface area contributed by atoms with E-state index in [-0.39, 0.29) is 70.4 Å². The monoisotopic (exact) mass is 444 g/mol. The first kappa shape index (κ1) is 35.0. The number of primary amides is 1. The van der Waals surface area contributed by atoms with Crippen molar-refractivity contribution in [1.82, 2.24) is 0 Å². The fourth-order valence-electron chi connectivity index (χ4n) is 1.18. The first-order valence-corrected chi connectivity index (χ1v) is 8.38. The Kier molecular flexibility index (Phi) is 22.4. The number of hydrogen-bond donors (Lipinski definition) is 3. The van der Waals surface area contributed by atoms with Crippen molar-refractivity contribution in [1.29, 1.82) is 0 Å². The normalized spacial score (nSPS) is 8.59. The Morgan fingerprint density at radius 2 is 1.55 bits per heavy atom. The molecule has 13 heteroatoms. The Bertz CT molecular complexity index is 808. The van der Waals surface area contributed by atoms with Crippen LogP contribution in [0.3, 0.4) is 0 Å². The van der Waals surface area contributed by atoms with E-state index in [1.165, 1.54) is 18.2 Å². The van der Waals surface area contributed by atoms with Crippen molar-refractivity contribution in [2.45, 2.75) is 5.75 Å². The van der Waals surface area contributed by atoms with Gasteiger partial charge in [-0.1, -0.05) is 31.9 Å². The van der Waals surface area contributed by atoms with Gasteiger partial charge < -0.3 is 30.6 Å². The minimum absolute atomic E-state index is 0. The van der Waals surface area contributed by atoms with Crippen LogP contribution in [0.15, 0.2) is 56.2 Å². The minimum Gasteiger partial charge on any atom is -0.748 e. The van der Waals surface area contributed by atoms with Crippen molar-refractivity contribution in [2.24, 2.45) is 5.73 Å². The second kappa shape index (κ2) is 18.6. The number of nitrogens with one attached hydrogen (secondary N) is 1. The molecule has 29 heavy (non-hydrogen) atoms. The van der Waals surface area contributed by atoms with E-state index in [2.05, 4.69) is 30.8 Å². The molecular weight excluding hydrogens is 426 g/mol. The third kappa shape index (κ3) is 21.1. The van der Waals surface area contributed by atoms with Crippen LogP contribution in [-0.2, 0) is 30.3 Å². The molecule has 1 aromatic carbocycles. The van der Waals surface area contributed by atoms with Crippen molar-refractivity contribution >= 4 is 33.6 Å². The Hall–Kier alpha value is -1.44. The van der Waals surface area contributed by atoms with E-state index in [4.69, 9.17) is 9.90 Å². The molecule has 0 heterocycles. The molecule has 0 radical (unpaired) electrons. The predicted molar refractivity (Wildman–Crippen MR) is 94.9 cm³/mol. The Balaban J connectivity index is -0.000000219. The number of benzene rings is 1. The number of carboxylic acids is 1. The molecule has 148 valence electrons. The largest absolute Gasteiger partial charge is 1.00 e. The summed E-state index contributed by atoms with van der Waals surface area (Å²) < 4.78 is 31.7. The van der Waals surface area contributed by atoms with Crippen molar-refractivity contribution < 1.29 is 96.7 Å². The Morgan fingerprint density at radius 3 is 1.86 bits per heavy atom.